The van der Waals surface area contributed by atoms with Crippen LogP contribution in [0.4, 0.5) is 4.79 Å². The quantitative estimate of drug-likeness (QED) is 0.779. The Bertz CT molecular complexity index is 367. The molecule has 1 rings (SSSR count). The van der Waals surface area contributed by atoms with Crippen molar-refractivity contribution in [3.8, 4) is 0 Å². The van der Waals surface area contributed by atoms with E-state index in [1.165, 1.54) is 0 Å². The molecule has 0 bridgehead atoms. The lowest BCUT2D eigenvalue weighted by atomic mass is 10.3. The number of nitrogens with one attached hydrogen (secondary N) is 2. The predicted octanol–water partition coefficient (Wildman–Crippen LogP) is 0.444. The Hall–Kier alpha value is -2.11. The highest BCUT2D eigenvalue weighted by molar-refractivity contribution is 5.81. The molecule has 0 aliphatic heterocycles. The molecular formula is C11H15N3O3. The van der Waals surface area contributed by atoms with Gasteiger partial charge in [-0.05, 0) is 19.1 Å². The molecule has 0 aliphatic rings. The number of carbonyl (C=O) groups excluding carboxylic acids is 2. The molecule has 17 heavy (non-hydrogen) atoms. The van der Waals surface area contributed by atoms with E-state index in [1.807, 2.05) is 6.07 Å². The molecule has 6 heteroatoms. The van der Waals surface area contributed by atoms with Gasteiger partial charge in [0.05, 0.1) is 18.8 Å². The summed E-state index contributed by atoms with van der Waals surface area (Å²) >= 11 is 0. The molecule has 6 nitrogen and oxygen atoms in total. The van der Waals surface area contributed by atoms with E-state index < -0.39 is 6.09 Å². The molecule has 92 valence electrons. The summed E-state index contributed by atoms with van der Waals surface area (Å²) in [6.07, 6.45) is 1.05. The number of hydrogen-bond acceptors (Lipinski definition) is 4. The molecule has 0 atom stereocenters. The van der Waals surface area contributed by atoms with Crippen LogP contribution in [0.5, 0.6) is 0 Å². The van der Waals surface area contributed by atoms with Gasteiger partial charge in [-0.15, -0.1) is 0 Å². The van der Waals surface area contributed by atoms with Crippen LogP contribution in [0, 0.1) is 0 Å². The number of aromatic nitrogens is 1. The molecule has 1 heterocycles. The highest BCUT2D eigenvalue weighted by Crippen LogP contribution is 1.91. The van der Waals surface area contributed by atoms with Crippen molar-refractivity contribution in [2.45, 2.75) is 13.5 Å². The van der Waals surface area contributed by atoms with Crippen LogP contribution in [0.25, 0.3) is 0 Å². The number of ether oxygens (including phenoxy) is 1. The first kappa shape index (κ1) is 13.0. The summed E-state index contributed by atoms with van der Waals surface area (Å²) in [6, 6.07) is 5.44. The summed E-state index contributed by atoms with van der Waals surface area (Å²) in [4.78, 5) is 26.3. The SMILES string of the molecule is CCOC(=O)NCC(=O)NCc1ccccn1. The van der Waals surface area contributed by atoms with Crippen molar-refractivity contribution in [3.05, 3.63) is 30.1 Å². The fraction of sp³-hybridized carbons (Fsp3) is 0.364. The third-order valence-corrected chi connectivity index (χ3v) is 1.86. The minimum atomic E-state index is -0.597. The molecule has 2 amide bonds. The molecule has 0 spiro atoms. The average molecular weight is 237 g/mol. The van der Waals surface area contributed by atoms with Gasteiger partial charge in [-0.25, -0.2) is 4.79 Å². The molecule has 1 aromatic rings. The summed E-state index contributed by atoms with van der Waals surface area (Å²) in [5.74, 6) is -0.288. The lowest BCUT2D eigenvalue weighted by Gasteiger charge is -2.06. The zero-order chi connectivity index (χ0) is 12.5. The Kier molecular flexibility index (Phi) is 5.50. The molecular weight excluding hydrogens is 222 g/mol. The summed E-state index contributed by atoms with van der Waals surface area (Å²) in [5.41, 5.74) is 0.761. The standard InChI is InChI=1S/C11H15N3O3/c1-2-17-11(16)14-8-10(15)13-7-9-5-3-4-6-12-9/h3-6H,2,7-8H2,1H3,(H,13,15)(H,14,16). The van der Waals surface area contributed by atoms with Crippen LogP contribution >= 0.6 is 0 Å². The number of pyridine rings is 1. The second-order valence-corrected chi connectivity index (χ2v) is 3.17. The van der Waals surface area contributed by atoms with E-state index in [0.717, 1.165) is 5.69 Å². The van der Waals surface area contributed by atoms with Gasteiger partial charge in [0.1, 0.15) is 6.54 Å². The average Bonchev–Trinajstić information content (AvgIpc) is 2.35. The van der Waals surface area contributed by atoms with Gasteiger partial charge in [-0.1, -0.05) is 6.07 Å². The molecule has 0 radical (unpaired) electrons. The van der Waals surface area contributed by atoms with E-state index in [-0.39, 0.29) is 19.1 Å². The minimum Gasteiger partial charge on any atom is -0.450 e. The van der Waals surface area contributed by atoms with Gasteiger partial charge < -0.3 is 15.4 Å². The van der Waals surface area contributed by atoms with Crippen molar-refractivity contribution in [3.63, 3.8) is 0 Å². The number of carbonyl (C=O) groups is 2. The van der Waals surface area contributed by atoms with Gasteiger partial charge in [0, 0.05) is 6.20 Å². The second kappa shape index (κ2) is 7.21. The highest BCUT2D eigenvalue weighted by Gasteiger charge is 2.05. The van der Waals surface area contributed by atoms with Crippen LogP contribution < -0.4 is 10.6 Å². The van der Waals surface area contributed by atoms with Crippen LogP contribution in [0.3, 0.4) is 0 Å². The lowest BCUT2D eigenvalue weighted by molar-refractivity contribution is -0.120. The van der Waals surface area contributed by atoms with E-state index in [0.29, 0.717) is 6.54 Å². The monoisotopic (exact) mass is 237 g/mol. The smallest absolute Gasteiger partial charge is 0.407 e. The van der Waals surface area contributed by atoms with Gasteiger partial charge in [-0.2, -0.15) is 0 Å². The highest BCUT2D eigenvalue weighted by atomic mass is 16.5. The zero-order valence-electron chi connectivity index (χ0n) is 9.60. The first-order valence-corrected chi connectivity index (χ1v) is 5.29. The normalized spacial score (nSPS) is 9.47. The molecule has 0 aromatic carbocycles. The Morgan fingerprint density at radius 1 is 1.35 bits per heavy atom. The second-order valence-electron chi connectivity index (χ2n) is 3.17. The van der Waals surface area contributed by atoms with Crippen LogP contribution in [0.2, 0.25) is 0 Å². The van der Waals surface area contributed by atoms with Gasteiger partial charge in [0.25, 0.3) is 0 Å². The maximum absolute atomic E-state index is 11.3. The predicted molar refractivity (Wildman–Crippen MR) is 61.1 cm³/mol. The first-order chi connectivity index (χ1) is 8.22. The van der Waals surface area contributed by atoms with Gasteiger partial charge >= 0.3 is 6.09 Å². The summed E-state index contributed by atoms with van der Waals surface area (Å²) in [7, 11) is 0. The minimum absolute atomic E-state index is 0.105. The fourth-order valence-corrected chi connectivity index (χ4v) is 1.09. The molecule has 0 saturated heterocycles. The number of nitrogens with zero attached hydrogens (tertiary/aromatic N) is 1. The van der Waals surface area contributed by atoms with Gasteiger partial charge in [0.2, 0.25) is 5.91 Å². The van der Waals surface area contributed by atoms with Gasteiger partial charge in [-0.3, -0.25) is 9.78 Å². The number of hydrogen-bond donors (Lipinski definition) is 2. The van der Waals surface area contributed by atoms with Gasteiger partial charge in [0.15, 0.2) is 0 Å². The van der Waals surface area contributed by atoms with Crippen molar-refractivity contribution in [1.82, 2.24) is 15.6 Å². The van der Waals surface area contributed by atoms with E-state index in [2.05, 4.69) is 20.4 Å². The molecule has 0 saturated carbocycles. The van der Waals surface area contributed by atoms with E-state index in [4.69, 9.17) is 0 Å². The van der Waals surface area contributed by atoms with Crippen molar-refractivity contribution < 1.29 is 14.3 Å². The van der Waals surface area contributed by atoms with E-state index in [1.54, 1.807) is 25.3 Å². The molecule has 0 unspecified atom stereocenters. The molecule has 1 aromatic heterocycles. The largest absolute Gasteiger partial charge is 0.450 e. The summed E-state index contributed by atoms with van der Waals surface area (Å²) in [6.45, 7) is 2.21. The fourth-order valence-electron chi connectivity index (χ4n) is 1.09. The van der Waals surface area contributed by atoms with Crippen LogP contribution in [0.15, 0.2) is 24.4 Å². The van der Waals surface area contributed by atoms with Crippen LogP contribution in [0.1, 0.15) is 12.6 Å². The third-order valence-electron chi connectivity index (χ3n) is 1.86. The van der Waals surface area contributed by atoms with Crippen molar-refractivity contribution in [2.24, 2.45) is 0 Å². The van der Waals surface area contributed by atoms with Crippen molar-refractivity contribution >= 4 is 12.0 Å². The molecule has 0 fully saturated rings. The first-order valence-electron chi connectivity index (χ1n) is 5.29. The Morgan fingerprint density at radius 3 is 2.82 bits per heavy atom. The van der Waals surface area contributed by atoms with Crippen LogP contribution in [-0.2, 0) is 16.1 Å². The summed E-state index contributed by atoms with van der Waals surface area (Å²) in [5, 5.41) is 4.95. The van der Waals surface area contributed by atoms with Crippen molar-refractivity contribution in [1.29, 1.82) is 0 Å². The summed E-state index contributed by atoms with van der Waals surface area (Å²) < 4.78 is 4.61. The Morgan fingerprint density at radius 2 is 2.18 bits per heavy atom. The van der Waals surface area contributed by atoms with E-state index >= 15 is 0 Å². The topological polar surface area (TPSA) is 80.3 Å². The molecule has 0 aliphatic carbocycles. The third kappa shape index (κ3) is 5.50. The molecule has 2 N–H and O–H groups in total. The lowest BCUT2D eigenvalue weighted by Crippen LogP contribution is -2.37. The Balaban J connectivity index is 2.20. The number of alkyl carbamates (subject to hydrolysis) is 1. The van der Waals surface area contributed by atoms with Crippen molar-refractivity contribution in [2.75, 3.05) is 13.2 Å². The number of amides is 2. The Labute approximate surface area is 99.4 Å². The maximum Gasteiger partial charge on any atom is 0.407 e. The maximum atomic E-state index is 11.3. The zero-order valence-corrected chi connectivity index (χ0v) is 9.60. The number of rotatable bonds is 5. The van der Waals surface area contributed by atoms with Crippen LogP contribution in [-0.4, -0.2) is 30.1 Å². The van der Waals surface area contributed by atoms with E-state index in [9.17, 15) is 9.59 Å².